The first-order valence-electron chi connectivity index (χ1n) is 12.8. The summed E-state index contributed by atoms with van der Waals surface area (Å²) in [7, 11) is -2.50. The van der Waals surface area contributed by atoms with Crippen molar-refractivity contribution in [3.05, 3.63) is 87.1 Å². The van der Waals surface area contributed by atoms with E-state index in [0.717, 1.165) is 23.2 Å². The molecule has 1 N–H and O–H groups in total. The van der Waals surface area contributed by atoms with E-state index in [0.29, 0.717) is 16.5 Å². The minimum absolute atomic E-state index is 0.00122. The SMILES string of the molecule is CCS(=O)(=O)N(Cc1ccc(Br)c(C(F)(F)F)c1)c1cc2oc(-c3ccc(F)cc3)c(C(=O)NC)c2cc1C1CC1. The summed E-state index contributed by atoms with van der Waals surface area (Å²) in [5, 5.41) is 3.05. The number of carbonyl (C=O) groups excluding carboxylic acids is 1. The van der Waals surface area contributed by atoms with E-state index in [1.54, 1.807) is 6.07 Å². The lowest BCUT2D eigenvalue weighted by molar-refractivity contribution is -0.138. The topological polar surface area (TPSA) is 79.6 Å². The smallest absolute Gasteiger partial charge is 0.417 e. The molecule has 1 amide bonds. The second kappa shape index (κ2) is 10.8. The summed E-state index contributed by atoms with van der Waals surface area (Å²) in [4.78, 5) is 13.0. The quantitative estimate of drug-likeness (QED) is 0.199. The third kappa shape index (κ3) is 5.72. The number of amides is 1. The number of rotatable bonds is 8. The highest BCUT2D eigenvalue weighted by Crippen LogP contribution is 2.48. The summed E-state index contributed by atoms with van der Waals surface area (Å²) in [6, 6.07) is 12.3. The van der Waals surface area contributed by atoms with Crippen molar-refractivity contribution in [3.8, 4) is 11.3 Å². The number of anilines is 1. The lowest BCUT2D eigenvalue weighted by Gasteiger charge is -2.27. The van der Waals surface area contributed by atoms with E-state index in [9.17, 15) is 30.8 Å². The van der Waals surface area contributed by atoms with Crippen molar-refractivity contribution in [1.82, 2.24) is 5.32 Å². The lowest BCUT2D eigenvalue weighted by atomic mass is 10.00. The molecule has 12 heteroatoms. The maximum atomic E-state index is 13.6. The molecule has 1 heterocycles. The Bertz CT molecular complexity index is 1750. The molecule has 0 atom stereocenters. The molecule has 3 aromatic carbocycles. The fourth-order valence-electron chi connectivity index (χ4n) is 4.78. The van der Waals surface area contributed by atoms with E-state index < -0.39 is 33.5 Å². The zero-order valence-electron chi connectivity index (χ0n) is 22.0. The zero-order chi connectivity index (χ0) is 29.7. The van der Waals surface area contributed by atoms with Crippen LogP contribution in [0.3, 0.4) is 0 Å². The van der Waals surface area contributed by atoms with Crippen LogP contribution in [-0.2, 0) is 22.7 Å². The maximum Gasteiger partial charge on any atom is 0.417 e. The number of fused-ring (bicyclic) bond motifs is 1. The van der Waals surface area contributed by atoms with Gasteiger partial charge in [-0.05, 0) is 79.3 Å². The molecule has 1 fully saturated rings. The van der Waals surface area contributed by atoms with E-state index >= 15 is 0 Å². The Morgan fingerprint density at radius 3 is 2.37 bits per heavy atom. The largest absolute Gasteiger partial charge is 0.455 e. The van der Waals surface area contributed by atoms with E-state index in [-0.39, 0.29) is 50.8 Å². The summed E-state index contributed by atoms with van der Waals surface area (Å²) in [5.41, 5.74) is 1.05. The van der Waals surface area contributed by atoms with Gasteiger partial charge in [-0.3, -0.25) is 9.10 Å². The molecule has 216 valence electrons. The van der Waals surface area contributed by atoms with Gasteiger partial charge in [-0.2, -0.15) is 13.2 Å². The molecule has 0 saturated heterocycles. The van der Waals surface area contributed by atoms with Crippen molar-refractivity contribution in [2.24, 2.45) is 0 Å². The van der Waals surface area contributed by atoms with Crippen LogP contribution in [0.25, 0.3) is 22.3 Å². The van der Waals surface area contributed by atoms with Gasteiger partial charge in [-0.15, -0.1) is 0 Å². The van der Waals surface area contributed by atoms with Crippen LogP contribution in [0.15, 0.2) is 63.5 Å². The lowest BCUT2D eigenvalue weighted by Crippen LogP contribution is -2.32. The molecule has 6 nitrogen and oxygen atoms in total. The van der Waals surface area contributed by atoms with Crippen molar-refractivity contribution >= 4 is 48.5 Å². The van der Waals surface area contributed by atoms with Gasteiger partial charge in [0, 0.05) is 28.5 Å². The number of alkyl halides is 3. The molecule has 41 heavy (non-hydrogen) atoms. The van der Waals surface area contributed by atoms with Crippen LogP contribution in [0.4, 0.5) is 23.2 Å². The Hall–Kier alpha value is -3.38. The minimum atomic E-state index is -4.64. The first-order valence-corrected chi connectivity index (χ1v) is 15.2. The molecule has 1 aromatic heterocycles. The second-order valence-corrected chi connectivity index (χ2v) is 12.8. The zero-order valence-corrected chi connectivity index (χ0v) is 24.4. The van der Waals surface area contributed by atoms with Crippen LogP contribution in [0.2, 0.25) is 0 Å². The monoisotopic (exact) mass is 652 g/mol. The standard InChI is InChI=1S/C29H25BrF4N2O4S/c1-3-41(38,39)36(15-16-4-11-23(30)22(12-16)29(32,33)34)24-14-25-21(13-20(24)17-5-6-17)26(28(37)35-2)27(40-25)18-7-9-19(31)10-8-18/h4,7-14,17H,3,5-6,15H2,1-2H3,(H,35,37). The van der Waals surface area contributed by atoms with Crippen LogP contribution >= 0.6 is 15.9 Å². The molecule has 0 aliphatic heterocycles. The average Bonchev–Trinajstić information content (AvgIpc) is 3.71. The summed E-state index contributed by atoms with van der Waals surface area (Å²) in [6.07, 6.45) is -3.07. The van der Waals surface area contributed by atoms with E-state index in [1.165, 1.54) is 56.4 Å². The van der Waals surface area contributed by atoms with E-state index in [4.69, 9.17) is 4.42 Å². The fraction of sp³-hybridized carbons (Fsp3) is 0.276. The van der Waals surface area contributed by atoms with Gasteiger partial charge >= 0.3 is 6.18 Å². The van der Waals surface area contributed by atoms with E-state index in [1.807, 2.05) is 0 Å². The molecule has 4 aromatic rings. The van der Waals surface area contributed by atoms with Crippen LogP contribution in [0.1, 0.15) is 52.7 Å². The summed E-state index contributed by atoms with van der Waals surface area (Å²) in [5.74, 6) is -1.01. The Balaban J connectivity index is 1.72. The molecule has 1 aliphatic carbocycles. The van der Waals surface area contributed by atoms with Crippen LogP contribution in [0.5, 0.6) is 0 Å². The third-order valence-corrected chi connectivity index (χ3v) is 9.47. The van der Waals surface area contributed by atoms with Gasteiger partial charge in [0.25, 0.3) is 5.91 Å². The molecule has 1 saturated carbocycles. The van der Waals surface area contributed by atoms with E-state index in [2.05, 4.69) is 21.2 Å². The van der Waals surface area contributed by atoms with Gasteiger partial charge in [-0.25, -0.2) is 12.8 Å². The summed E-state index contributed by atoms with van der Waals surface area (Å²) >= 11 is 2.93. The number of sulfonamides is 1. The third-order valence-electron chi connectivity index (χ3n) is 7.05. The average molecular weight is 653 g/mol. The predicted octanol–water partition coefficient (Wildman–Crippen LogP) is 7.61. The van der Waals surface area contributed by atoms with Crippen molar-refractivity contribution in [1.29, 1.82) is 0 Å². The van der Waals surface area contributed by atoms with Gasteiger partial charge in [0.2, 0.25) is 10.0 Å². The molecule has 1 aliphatic rings. The van der Waals surface area contributed by atoms with Crippen molar-refractivity contribution in [3.63, 3.8) is 0 Å². The Morgan fingerprint density at radius 2 is 1.78 bits per heavy atom. The first kappa shape index (κ1) is 29.1. The Labute approximate surface area is 242 Å². The number of nitrogens with one attached hydrogen (secondary N) is 1. The van der Waals surface area contributed by atoms with Gasteiger partial charge < -0.3 is 9.73 Å². The molecule has 0 radical (unpaired) electrons. The number of halogens is 5. The summed E-state index contributed by atoms with van der Waals surface area (Å²) in [6.45, 7) is 1.12. The van der Waals surface area contributed by atoms with Crippen molar-refractivity contribution in [2.75, 3.05) is 17.1 Å². The van der Waals surface area contributed by atoms with Crippen LogP contribution in [0, 0.1) is 5.82 Å². The predicted molar refractivity (Wildman–Crippen MR) is 152 cm³/mol. The number of hydrogen-bond donors (Lipinski definition) is 1. The molecule has 5 rings (SSSR count). The molecule has 0 spiro atoms. The second-order valence-electron chi connectivity index (χ2n) is 9.79. The van der Waals surface area contributed by atoms with Crippen molar-refractivity contribution in [2.45, 2.75) is 38.4 Å². The maximum absolute atomic E-state index is 13.6. The highest BCUT2D eigenvalue weighted by molar-refractivity contribution is 9.10. The van der Waals surface area contributed by atoms with Gasteiger partial charge in [0.1, 0.15) is 17.2 Å². The number of hydrogen-bond acceptors (Lipinski definition) is 4. The highest BCUT2D eigenvalue weighted by Gasteiger charge is 2.36. The van der Waals surface area contributed by atoms with Crippen LogP contribution in [-0.4, -0.2) is 27.1 Å². The normalized spacial score (nSPS) is 13.9. The first-order chi connectivity index (χ1) is 19.3. The molecule has 0 bridgehead atoms. The Morgan fingerprint density at radius 1 is 1.10 bits per heavy atom. The summed E-state index contributed by atoms with van der Waals surface area (Å²) < 4.78 is 88.4. The minimum Gasteiger partial charge on any atom is -0.455 e. The van der Waals surface area contributed by atoms with Gasteiger partial charge in [0.05, 0.1) is 29.1 Å². The molecular weight excluding hydrogens is 628 g/mol. The number of carbonyl (C=O) groups is 1. The van der Waals surface area contributed by atoms with Crippen molar-refractivity contribution < 1.29 is 35.2 Å². The number of furan rings is 1. The molecule has 0 unspecified atom stereocenters. The van der Waals surface area contributed by atoms with Crippen LogP contribution < -0.4 is 9.62 Å². The highest BCUT2D eigenvalue weighted by atomic mass is 79.9. The number of benzene rings is 3. The Kier molecular flexibility index (Phi) is 7.66. The molecular formula is C29H25BrF4N2O4S. The fourth-order valence-corrected chi connectivity index (χ4v) is 6.37. The van der Waals surface area contributed by atoms with Gasteiger partial charge in [-0.1, -0.05) is 22.0 Å². The number of nitrogens with zero attached hydrogens (tertiary/aromatic N) is 1. The van der Waals surface area contributed by atoms with Gasteiger partial charge in [0.15, 0.2) is 0 Å².